The predicted octanol–water partition coefficient (Wildman–Crippen LogP) is 2.09. The number of rotatable bonds is 4. The van der Waals surface area contributed by atoms with Crippen molar-refractivity contribution < 1.29 is 9.90 Å². The first-order chi connectivity index (χ1) is 9.49. The third kappa shape index (κ3) is 3.30. The van der Waals surface area contributed by atoms with E-state index in [2.05, 4.69) is 10.4 Å². The molecule has 2 unspecified atom stereocenters. The molecule has 1 aliphatic rings. The molecule has 6 nitrogen and oxygen atoms in total. The Morgan fingerprint density at radius 1 is 1.60 bits per heavy atom. The second-order valence-corrected chi connectivity index (χ2v) is 5.82. The van der Waals surface area contributed by atoms with Crippen molar-refractivity contribution in [3.8, 4) is 0 Å². The maximum atomic E-state index is 12.2. The van der Waals surface area contributed by atoms with E-state index in [0.29, 0.717) is 12.4 Å². The third-order valence-electron chi connectivity index (χ3n) is 3.87. The quantitative estimate of drug-likeness (QED) is 0.887. The molecule has 1 fully saturated rings. The minimum Gasteiger partial charge on any atom is -0.393 e. The zero-order valence-electron chi connectivity index (χ0n) is 12.4. The Balaban J connectivity index is 1.92. The van der Waals surface area contributed by atoms with Crippen LogP contribution in [0.4, 0.5) is 10.6 Å². The van der Waals surface area contributed by atoms with E-state index in [1.54, 1.807) is 28.9 Å². The number of carbonyl (C=O) groups excluding carboxylic acids is 1. The van der Waals surface area contributed by atoms with Crippen molar-refractivity contribution in [1.29, 1.82) is 0 Å². The highest BCUT2D eigenvalue weighted by Crippen LogP contribution is 2.26. The summed E-state index contributed by atoms with van der Waals surface area (Å²) in [5.41, 5.74) is 0. The van der Waals surface area contributed by atoms with Gasteiger partial charge in [0.05, 0.1) is 12.3 Å². The number of urea groups is 1. The van der Waals surface area contributed by atoms with Crippen molar-refractivity contribution in [3.63, 3.8) is 0 Å². The number of amides is 2. The molecule has 20 heavy (non-hydrogen) atoms. The van der Waals surface area contributed by atoms with Crippen LogP contribution in [-0.4, -0.2) is 45.5 Å². The van der Waals surface area contributed by atoms with Crippen molar-refractivity contribution in [2.45, 2.75) is 45.3 Å². The number of aliphatic hydroxyl groups excluding tert-OH is 1. The molecule has 0 saturated heterocycles. The summed E-state index contributed by atoms with van der Waals surface area (Å²) in [6.45, 7) is 4.62. The first-order valence-electron chi connectivity index (χ1n) is 7.22. The average molecular weight is 280 g/mol. The molecule has 2 N–H and O–H groups in total. The van der Waals surface area contributed by atoms with Gasteiger partial charge in [-0.1, -0.05) is 6.42 Å². The number of aliphatic hydroxyl groups is 1. The molecule has 0 bridgehead atoms. The van der Waals surface area contributed by atoms with Gasteiger partial charge in [-0.2, -0.15) is 5.10 Å². The van der Waals surface area contributed by atoms with Gasteiger partial charge in [-0.15, -0.1) is 0 Å². The summed E-state index contributed by atoms with van der Waals surface area (Å²) in [4.78, 5) is 13.8. The van der Waals surface area contributed by atoms with Crippen molar-refractivity contribution in [2.75, 3.05) is 18.9 Å². The molecule has 2 atom stereocenters. The fourth-order valence-electron chi connectivity index (χ4n) is 2.69. The van der Waals surface area contributed by atoms with E-state index >= 15 is 0 Å². The van der Waals surface area contributed by atoms with Crippen molar-refractivity contribution in [1.82, 2.24) is 14.7 Å². The molecule has 1 saturated carbocycles. The van der Waals surface area contributed by atoms with Crippen LogP contribution >= 0.6 is 0 Å². The van der Waals surface area contributed by atoms with Crippen molar-refractivity contribution in [3.05, 3.63) is 12.3 Å². The first kappa shape index (κ1) is 14.8. The second kappa shape index (κ2) is 6.26. The number of aromatic nitrogens is 2. The monoisotopic (exact) mass is 280 g/mol. The number of hydrogen-bond donors (Lipinski definition) is 2. The fraction of sp³-hybridized carbons (Fsp3) is 0.714. The lowest BCUT2D eigenvalue weighted by Crippen LogP contribution is -2.37. The molecule has 0 spiro atoms. The topological polar surface area (TPSA) is 70.4 Å². The summed E-state index contributed by atoms with van der Waals surface area (Å²) < 4.78 is 1.77. The maximum absolute atomic E-state index is 12.2. The van der Waals surface area contributed by atoms with E-state index in [9.17, 15) is 9.90 Å². The zero-order chi connectivity index (χ0) is 14.7. The first-order valence-corrected chi connectivity index (χ1v) is 7.22. The molecule has 112 valence electrons. The van der Waals surface area contributed by atoms with Gasteiger partial charge in [-0.3, -0.25) is 5.32 Å². The third-order valence-corrected chi connectivity index (χ3v) is 3.87. The number of nitrogens with zero attached hydrogens (tertiary/aromatic N) is 3. The molecule has 1 aromatic rings. The van der Waals surface area contributed by atoms with Gasteiger partial charge < -0.3 is 10.0 Å². The molecule has 1 aliphatic carbocycles. The highest BCUT2D eigenvalue weighted by molar-refractivity contribution is 5.88. The molecule has 1 aromatic heterocycles. The van der Waals surface area contributed by atoms with Gasteiger partial charge in [0, 0.05) is 31.6 Å². The number of carbonyl (C=O) groups is 1. The van der Waals surface area contributed by atoms with Crippen molar-refractivity contribution >= 4 is 11.8 Å². The summed E-state index contributed by atoms with van der Waals surface area (Å²) in [5, 5.41) is 16.9. The Kier molecular flexibility index (Phi) is 4.65. The van der Waals surface area contributed by atoms with Crippen LogP contribution in [0.1, 0.15) is 39.2 Å². The molecule has 0 aliphatic heterocycles. The van der Waals surface area contributed by atoms with Gasteiger partial charge in [-0.05, 0) is 26.7 Å². The summed E-state index contributed by atoms with van der Waals surface area (Å²) in [7, 11) is 1.76. The minimum atomic E-state index is -0.272. The Bertz CT molecular complexity index is 458. The van der Waals surface area contributed by atoms with Crippen LogP contribution in [0.25, 0.3) is 0 Å². The van der Waals surface area contributed by atoms with E-state index in [1.807, 2.05) is 13.8 Å². The fourth-order valence-corrected chi connectivity index (χ4v) is 2.69. The zero-order valence-corrected chi connectivity index (χ0v) is 12.4. The van der Waals surface area contributed by atoms with E-state index in [-0.39, 0.29) is 24.1 Å². The standard InChI is InChI=1S/C14H24N4O2/c1-10(2)18-13(7-8-15-18)16-14(20)17(3)9-11-5-4-6-12(11)19/h7-8,10-12,19H,4-6,9H2,1-3H3,(H,16,20). The number of nitrogens with one attached hydrogen (secondary N) is 1. The molecule has 6 heteroatoms. The number of anilines is 1. The highest BCUT2D eigenvalue weighted by atomic mass is 16.3. The average Bonchev–Trinajstić information content (AvgIpc) is 2.99. The Labute approximate surface area is 119 Å². The predicted molar refractivity (Wildman–Crippen MR) is 77.6 cm³/mol. The van der Waals surface area contributed by atoms with Crippen LogP contribution in [0.15, 0.2) is 12.3 Å². The van der Waals surface area contributed by atoms with Crippen LogP contribution < -0.4 is 5.32 Å². The summed E-state index contributed by atoms with van der Waals surface area (Å²) in [6.07, 6.45) is 4.28. The molecule has 2 amide bonds. The second-order valence-electron chi connectivity index (χ2n) is 5.82. The van der Waals surface area contributed by atoms with Crippen LogP contribution in [-0.2, 0) is 0 Å². The van der Waals surface area contributed by atoms with Gasteiger partial charge in [0.15, 0.2) is 0 Å². The van der Waals surface area contributed by atoms with Gasteiger partial charge in [0.2, 0.25) is 0 Å². The lowest BCUT2D eigenvalue weighted by atomic mass is 10.1. The van der Waals surface area contributed by atoms with E-state index in [4.69, 9.17) is 0 Å². The summed E-state index contributed by atoms with van der Waals surface area (Å²) in [5.74, 6) is 0.893. The van der Waals surface area contributed by atoms with E-state index < -0.39 is 0 Å². The van der Waals surface area contributed by atoms with E-state index in [1.165, 1.54) is 0 Å². The molecular formula is C14H24N4O2. The van der Waals surface area contributed by atoms with Crippen LogP contribution in [0.5, 0.6) is 0 Å². The Hall–Kier alpha value is -1.56. The Morgan fingerprint density at radius 3 is 2.95 bits per heavy atom. The van der Waals surface area contributed by atoms with Crippen LogP contribution in [0.2, 0.25) is 0 Å². The molecular weight excluding hydrogens is 256 g/mol. The number of hydrogen-bond acceptors (Lipinski definition) is 3. The molecule has 2 rings (SSSR count). The van der Waals surface area contributed by atoms with Crippen molar-refractivity contribution in [2.24, 2.45) is 5.92 Å². The van der Waals surface area contributed by atoms with Crippen LogP contribution in [0.3, 0.4) is 0 Å². The van der Waals surface area contributed by atoms with Crippen LogP contribution in [0, 0.1) is 5.92 Å². The van der Waals surface area contributed by atoms with Gasteiger partial charge in [0.1, 0.15) is 5.82 Å². The van der Waals surface area contributed by atoms with Gasteiger partial charge in [0.25, 0.3) is 0 Å². The SMILES string of the molecule is CC(C)n1nccc1NC(=O)N(C)CC1CCCC1O. The molecule has 1 heterocycles. The summed E-state index contributed by atoms with van der Waals surface area (Å²) >= 11 is 0. The summed E-state index contributed by atoms with van der Waals surface area (Å²) in [6, 6.07) is 1.82. The minimum absolute atomic E-state index is 0.161. The normalized spacial score (nSPS) is 22.2. The maximum Gasteiger partial charge on any atom is 0.322 e. The largest absolute Gasteiger partial charge is 0.393 e. The van der Waals surface area contributed by atoms with Gasteiger partial charge in [-0.25, -0.2) is 9.48 Å². The molecule has 0 aromatic carbocycles. The highest BCUT2D eigenvalue weighted by Gasteiger charge is 2.27. The molecule has 0 radical (unpaired) electrons. The smallest absolute Gasteiger partial charge is 0.322 e. The van der Waals surface area contributed by atoms with Gasteiger partial charge >= 0.3 is 6.03 Å². The Morgan fingerprint density at radius 2 is 2.35 bits per heavy atom. The lowest BCUT2D eigenvalue weighted by Gasteiger charge is -2.24. The van der Waals surface area contributed by atoms with E-state index in [0.717, 1.165) is 19.3 Å². The lowest BCUT2D eigenvalue weighted by molar-refractivity contribution is 0.116.